The number of ketones is 1. The van der Waals surface area contributed by atoms with E-state index in [1.807, 2.05) is 68.0 Å². The molecule has 23 heteroatoms. The lowest BCUT2D eigenvalue weighted by Crippen LogP contribution is -2.37. The fourth-order valence-electron chi connectivity index (χ4n) is 10.3. The Morgan fingerprint density at radius 2 is 0.963 bits per heavy atom. The molecule has 2 aliphatic carbocycles. The molecule has 82 heavy (non-hydrogen) atoms. The van der Waals surface area contributed by atoms with Crippen LogP contribution in [0.25, 0.3) is 0 Å². The van der Waals surface area contributed by atoms with Gasteiger partial charge in [-0.1, -0.05) is 52.8 Å². The number of nitrogens with zero attached hydrogens (tertiary/aromatic N) is 2. The minimum Gasteiger partial charge on any atom is -0.484 e. The van der Waals surface area contributed by atoms with Crippen molar-refractivity contribution in [2.75, 3.05) is 106 Å². The van der Waals surface area contributed by atoms with Gasteiger partial charge in [0, 0.05) is 76.9 Å². The van der Waals surface area contributed by atoms with Crippen LogP contribution in [-0.2, 0) is 56.4 Å². The number of aryl methyl sites for hydroxylation is 4. The summed E-state index contributed by atoms with van der Waals surface area (Å²) in [6, 6.07) is 13.5. The average Bonchev–Trinajstić information content (AvgIpc) is 4.21. The van der Waals surface area contributed by atoms with Crippen molar-refractivity contribution in [3.63, 3.8) is 0 Å². The molecule has 0 saturated carbocycles. The van der Waals surface area contributed by atoms with Crippen molar-refractivity contribution in [3.8, 4) is 11.5 Å². The standard InChI is InChI=1S/C59H81Cl4N5O12S2/c1-38-28-45(29-39(2)55(38)79-57-49-32-42(60)34-51(62)47(49)36-53(57)67(5)6)81(71,72)27-13-20-76-24-25-77-21-17-65-59(70)64-16-11-9-10-14-44(69)15-12-19-75-23-26-78-22-18-66-82(73,74)46-30-40(3)56(41(4)31-46)80-58-50-33-43(61)35-52(63)48(50)37-54(58)68(7)8/h28-35,53-54,57-58,66H,9-27,36-37H2,1-8H3,(H2,64,65,70)/t53-,54-,57-,58-/m0/s1. The Labute approximate surface area is 505 Å². The van der Waals surface area contributed by atoms with Crippen molar-refractivity contribution >= 4 is 78.1 Å². The smallest absolute Gasteiger partial charge is 0.314 e. The van der Waals surface area contributed by atoms with Crippen LogP contribution >= 0.6 is 46.4 Å². The van der Waals surface area contributed by atoms with Gasteiger partial charge in [-0.05, 0) is 176 Å². The molecule has 0 heterocycles. The average molecular weight is 1260 g/mol. The minimum absolute atomic E-state index is 0.0135. The lowest BCUT2D eigenvalue weighted by Gasteiger charge is -2.29. The molecule has 0 aliphatic heterocycles. The predicted molar refractivity (Wildman–Crippen MR) is 323 cm³/mol. The number of Topliss-reactive ketones (excluding diaryl/α,β-unsaturated/α-hetero) is 1. The molecule has 0 saturated heterocycles. The van der Waals surface area contributed by atoms with Crippen LogP contribution in [-0.4, -0.2) is 157 Å². The summed E-state index contributed by atoms with van der Waals surface area (Å²) in [5.41, 5.74) is 6.69. The van der Waals surface area contributed by atoms with Gasteiger partial charge in [0.2, 0.25) is 10.0 Å². The van der Waals surface area contributed by atoms with Gasteiger partial charge in [0.1, 0.15) is 29.5 Å². The van der Waals surface area contributed by atoms with Crippen molar-refractivity contribution in [2.24, 2.45) is 0 Å². The quantitative estimate of drug-likeness (QED) is 0.0368. The molecule has 17 nitrogen and oxygen atoms in total. The zero-order chi connectivity index (χ0) is 59.7. The van der Waals surface area contributed by atoms with Gasteiger partial charge < -0.3 is 48.9 Å². The van der Waals surface area contributed by atoms with Crippen LogP contribution in [0.3, 0.4) is 0 Å². The molecule has 0 bridgehead atoms. The van der Waals surface area contributed by atoms with E-state index in [1.54, 1.807) is 36.4 Å². The molecule has 4 aromatic carbocycles. The minimum atomic E-state index is -3.82. The fourth-order valence-corrected chi connectivity index (χ4v) is 14.1. The fraction of sp³-hybridized carbons (Fsp3) is 0.559. The number of likely N-dealkylation sites (N-methyl/N-ethyl adjacent to an activating group) is 2. The number of sulfone groups is 1. The number of rotatable bonds is 35. The summed E-state index contributed by atoms with van der Waals surface area (Å²) < 4.78 is 91.3. The van der Waals surface area contributed by atoms with E-state index in [2.05, 4.69) is 25.2 Å². The van der Waals surface area contributed by atoms with E-state index in [4.69, 9.17) is 74.8 Å². The van der Waals surface area contributed by atoms with Gasteiger partial charge in [0.05, 0.1) is 67.3 Å². The van der Waals surface area contributed by atoms with Gasteiger partial charge >= 0.3 is 6.03 Å². The maximum atomic E-state index is 13.3. The van der Waals surface area contributed by atoms with Crippen molar-refractivity contribution in [1.82, 2.24) is 25.2 Å². The summed E-state index contributed by atoms with van der Waals surface area (Å²) in [6.07, 6.45) is 4.81. The lowest BCUT2D eigenvalue weighted by atomic mass is 10.1. The Morgan fingerprint density at radius 3 is 1.46 bits per heavy atom. The summed E-state index contributed by atoms with van der Waals surface area (Å²) in [4.78, 5) is 29.1. The first-order chi connectivity index (χ1) is 39.0. The molecule has 0 unspecified atom stereocenters. The summed E-state index contributed by atoms with van der Waals surface area (Å²) in [6.45, 7) is 10.5. The maximum Gasteiger partial charge on any atom is 0.314 e. The number of carbonyl (C=O) groups is 2. The van der Waals surface area contributed by atoms with Crippen LogP contribution in [0.1, 0.15) is 102 Å². The largest absolute Gasteiger partial charge is 0.484 e. The number of hydrogen-bond donors (Lipinski definition) is 3. The van der Waals surface area contributed by atoms with E-state index in [0.29, 0.717) is 121 Å². The van der Waals surface area contributed by atoms with E-state index < -0.39 is 19.9 Å². The third-order valence-electron chi connectivity index (χ3n) is 14.6. The van der Waals surface area contributed by atoms with Gasteiger partial charge in [-0.2, -0.15) is 0 Å². The number of nitrogens with one attached hydrogen (secondary N) is 3. The molecule has 2 amide bonds. The number of carbonyl (C=O) groups excluding carboxylic acids is 2. The molecular formula is C59H81Cl4N5O12S2. The number of urea groups is 1. The van der Waals surface area contributed by atoms with Gasteiger partial charge in [-0.25, -0.2) is 26.4 Å². The number of benzene rings is 4. The highest BCUT2D eigenvalue weighted by molar-refractivity contribution is 7.91. The summed E-state index contributed by atoms with van der Waals surface area (Å²) in [7, 11) is 0.570. The summed E-state index contributed by atoms with van der Waals surface area (Å²) in [5.74, 6) is 1.34. The number of amides is 2. The first-order valence-electron chi connectivity index (χ1n) is 27.9. The van der Waals surface area contributed by atoms with Crippen molar-refractivity contribution in [3.05, 3.63) is 113 Å². The van der Waals surface area contributed by atoms with E-state index in [1.165, 1.54) is 0 Å². The number of halogens is 4. The molecule has 2 aliphatic rings. The van der Waals surface area contributed by atoms with Crippen molar-refractivity contribution in [1.29, 1.82) is 0 Å². The molecule has 4 atom stereocenters. The molecule has 0 spiro atoms. The first kappa shape index (κ1) is 67.3. The van der Waals surface area contributed by atoms with Crippen LogP contribution in [0, 0.1) is 27.7 Å². The normalized spacial score (nSPS) is 16.9. The molecular weight excluding hydrogens is 1180 g/mol. The van der Waals surface area contributed by atoms with E-state index in [0.717, 1.165) is 52.6 Å². The molecule has 454 valence electrons. The zero-order valence-electron chi connectivity index (χ0n) is 48.4. The highest BCUT2D eigenvalue weighted by atomic mass is 35.5. The Hall–Kier alpha value is -3.80. The van der Waals surface area contributed by atoms with Gasteiger partial charge in [0.25, 0.3) is 0 Å². The lowest BCUT2D eigenvalue weighted by molar-refractivity contribution is -0.119. The molecule has 3 N–H and O–H groups in total. The van der Waals surface area contributed by atoms with Crippen LogP contribution in [0.15, 0.2) is 58.3 Å². The Balaban J connectivity index is 0.722. The second-order valence-corrected chi connectivity index (χ2v) is 26.9. The zero-order valence-corrected chi connectivity index (χ0v) is 53.1. The Morgan fingerprint density at radius 1 is 0.524 bits per heavy atom. The number of fused-ring (bicyclic) bond motifs is 2. The Bertz CT molecular complexity index is 2800. The number of sulfonamides is 1. The first-order valence-corrected chi connectivity index (χ1v) is 32.5. The van der Waals surface area contributed by atoms with E-state index in [-0.39, 0.29) is 84.6 Å². The maximum absolute atomic E-state index is 13.3. The number of ether oxygens (including phenoxy) is 6. The molecule has 4 aromatic rings. The van der Waals surface area contributed by atoms with E-state index >= 15 is 0 Å². The van der Waals surface area contributed by atoms with E-state index in [9.17, 15) is 26.4 Å². The second-order valence-electron chi connectivity index (χ2n) is 21.4. The van der Waals surface area contributed by atoms with Gasteiger partial charge in [-0.3, -0.25) is 4.79 Å². The summed E-state index contributed by atoms with van der Waals surface area (Å²) >= 11 is 25.8. The van der Waals surface area contributed by atoms with Crippen LogP contribution in [0.5, 0.6) is 11.5 Å². The molecule has 0 aromatic heterocycles. The second kappa shape index (κ2) is 32.1. The van der Waals surface area contributed by atoms with Crippen LogP contribution in [0.4, 0.5) is 4.79 Å². The molecule has 6 rings (SSSR count). The number of unbranched alkanes of at least 4 members (excludes halogenated alkanes) is 2. The Kier molecular flexibility index (Phi) is 26.3. The third kappa shape index (κ3) is 19.4. The molecule has 0 fully saturated rings. The summed E-state index contributed by atoms with van der Waals surface area (Å²) in [5, 5.41) is 7.84. The molecule has 0 radical (unpaired) electrons. The van der Waals surface area contributed by atoms with Crippen LogP contribution < -0.4 is 24.8 Å². The van der Waals surface area contributed by atoms with Gasteiger partial charge in [0.15, 0.2) is 9.84 Å². The van der Waals surface area contributed by atoms with Gasteiger partial charge in [-0.15, -0.1) is 0 Å². The highest BCUT2D eigenvalue weighted by Gasteiger charge is 2.39. The highest BCUT2D eigenvalue weighted by Crippen LogP contribution is 2.45. The monoisotopic (exact) mass is 1260 g/mol. The SMILES string of the molecule is Cc1cc(S(=O)(=O)CCCOCCOCCNC(=O)NCCCCCC(=O)CCCOCCOCCNS(=O)(=O)c2cc(C)c(O[C@H]3c4cc(Cl)cc(Cl)c4C[C@@H]3N(C)C)c(C)c2)cc(C)c1O[C@H]1c2cc(Cl)cc(Cl)c2C[C@@H]1N(C)C. The topological polar surface area (TPSA) is 200 Å². The predicted octanol–water partition coefficient (Wildman–Crippen LogP) is 10.2. The number of hydrogen-bond acceptors (Lipinski definition) is 14. The third-order valence-corrected chi connectivity index (χ3v) is 18.9. The van der Waals surface area contributed by atoms with Crippen LogP contribution in [0.2, 0.25) is 20.1 Å². The van der Waals surface area contributed by atoms with Crippen molar-refractivity contribution in [2.45, 2.75) is 120 Å². The van der Waals surface area contributed by atoms with Crippen molar-refractivity contribution < 1.29 is 54.8 Å².